The van der Waals surface area contributed by atoms with E-state index in [0.29, 0.717) is 12.2 Å². The van der Waals surface area contributed by atoms with Crippen LogP contribution in [0.1, 0.15) is 12.6 Å². The van der Waals surface area contributed by atoms with Gasteiger partial charge in [0, 0.05) is 6.54 Å². The van der Waals surface area contributed by atoms with E-state index >= 15 is 0 Å². The van der Waals surface area contributed by atoms with Gasteiger partial charge in [-0.05, 0) is 13.8 Å². The maximum absolute atomic E-state index is 10.3. The first-order valence-corrected chi connectivity index (χ1v) is 3.33. The summed E-state index contributed by atoms with van der Waals surface area (Å²) in [5, 5.41) is 14.1. The van der Waals surface area contributed by atoms with E-state index in [-0.39, 0.29) is 5.69 Å². The molecule has 0 fully saturated rings. The topological polar surface area (TPSA) is 61.0 Å². The molecule has 0 amide bonds. The Morgan fingerprint density at radius 2 is 2.45 bits per heavy atom. The zero-order chi connectivity index (χ0) is 8.43. The Morgan fingerprint density at radius 1 is 1.82 bits per heavy atom. The van der Waals surface area contributed by atoms with Gasteiger partial charge in [0.1, 0.15) is 11.9 Å². The summed E-state index contributed by atoms with van der Waals surface area (Å²) < 4.78 is 1.60. The molecule has 0 unspecified atom stereocenters. The van der Waals surface area contributed by atoms with Gasteiger partial charge >= 0.3 is 5.69 Å². The van der Waals surface area contributed by atoms with Crippen molar-refractivity contribution in [2.45, 2.75) is 20.4 Å². The molecule has 0 atom stereocenters. The molecule has 0 aliphatic carbocycles. The SMILES string of the molecule is CCn1ncc([N+](=O)[O-])c1C. The highest BCUT2D eigenvalue weighted by molar-refractivity contribution is 5.31. The van der Waals surface area contributed by atoms with Crippen molar-refractivity contribution in [2.75, 3.05) is 0 Å². The van der Waals surface area contributed by atoms with Gasteiger partial charge in [-0.15, -0.1) is 0 Å². The van der Waals surface area contributed by atoms with Crippen molar-refractivity contribution in [3.8, 4) is 0 Å². The number of hydrogen-bond acceptors (Lipinski definition) is 3. The third-order valence-electron chi connectivity index (χ3n) is 1.57. The molecule has 5 nitrogen and oxygen atoms in total. The molecule has 5 heteroatoms. The molecule has 0 N–H and O–H groups in total. The quantitative estimate of drug-likeness (QED) is 0.475. The fourth-order valence-electron chi connectivity index (χ4n) is 0.935. The summed E-state index contributed by atoms with van der Waals surface area (Å²) in [6.45, 7) is 4.25. The molecule has 60 valence electrons. The van der Waals surface area contributed by atoms with Gasteiger partial charge in [0.05, 0.1) is 4.92 Å². The maximum Gasteiger partial charge on any atom is 0.309 e. The van der Waals surface area contributed by atoms with Crippen molar-refractivity contribution in [3.63, 3.8) is 0 Å². The molecule has 0 aliphatic rings. The van der Waals surface area contributed by atoms with Crippen LogP contribution in [0.25, 0.3) is 0 Å². The monoisotopic (exact) mass is 155 g/mol. The number of nitro groups is 1. The molecular weight excluding hydrogens is 146 g/mol. The first kappa shape index (κ1) is 7.71. The Morgan fingerprint density at radius 3 is 2.73 bits per heavy atom. The zero-order valence-corrected chi connectivity index (χ0v) is 6.44. The Labute approximate surface area is 63.8 Å². The summed E-state index contributed by atoms with van der Waals surface area (Å²) in [7, 11) is 0. The fourth-order valence-corrected chi connectivity index (χ4v) is 0.935. The molecule has 0 aromatic carbocycles. The molecule has 11 heavy (non-hydrogen) atoms. The highest BCUT2D eigenvalue weighted by Crippen LogP contribution is 2.15. The lowest BCUT2D eigenvalue weighted by Gasteiger charge is -1.95. The van der Waals surface area contributed by atoms with Crippen LogP contribution in [0, 0.1) is 17.0 Å². The fraction of sp³-hybridized carbons (Fsp3) is 0.500. The highest BCUT2D eigenvalue weighted by Gasteiger charge is 2.14. The Hall–Kier alpha value is -1.39. The van der Waals surface area contributed by atoms with Gasteiger partial charge in [-0.25, -0.2) is 0 Å². The average molecular weight is 155 g/mol. The molecule has 0 radical (unpaired) electrons. The second-order valence-corrected chi connectivity index (χ2v) is 2.19. The van der Waals surface area contributed by atoms with E-state index in [1.54, 1.807) is 11.6 Å². The van der Waals surface area contributed by atoms with Crippen molar-refractivity contribution in [3.05, 3.63) is 22.0 Å². The molecule has 1 aromatic rings. The smallest absolute Gasteiger partial charge is 0.263 e. The largest absolute Gasteiger partial charge is 0.309 e. The summed E-state index contributed by atoms with van der Waals surface area (Å²) >= 11 is 0. The van der Waals surface area contributed by atoms with E-state index in [1.165, 1.54) is 6.20 Å². The van der Waals surface area contributed by atoms with E-state index in [2.05, 4.69) is 5.10 Å². The van der Waals surface area contributed by atoms with Gasteiger partial charge in [-0.2, -0.15) is 5.10 Å². The van der Waals surface area contributed by atoms with Crippen LogP contribution >= 0.6 is 0 Å². The molecule has 1 aromatic heterocycles. The Kier molecular flexibility index (Phi) is 1.89. The summed E-state index contributed by atoms with van der Waals surface area (Å²) in [6, 6.07) is 0. The van der Waals surface area contributed by atoms with E-state index in [1.807, 2.05) is 6.92 Å². The predicted molar refractivity (Wildman–Crippen MR) is 39.3 cm³/mol. The number of nitrogens with zero attached hydrogens (tertiary/aromatic N) is 3. The number of rotatable bonds is 2. The third-order valence-corrected chi connectivity index (χ3v) is 1.57. The molecule has 0 saturated heterocycles. The Balaban J connectivity index is 3.10. The van der Waals surface area contributed by atoms with Gasteiger partial charge in [0.2, 0.25) is 0 Å². The van der Waals surface area contributed by atoms with Crippen LogP contribution in [0.2, 0.25) is 0 Å². The van der Waals surface area contributed by atoms with Crippen LogP contribution < -0.4 is 0 Å². The number of hydrogen-bond donors (Lipinski definition) is 0. The maximum atomic E-state index is 10.3. The van der Waals surface area contributed by atoms with Crippen LogP contribution in [0.5, 0.6) is 0 Å². The van der Waals surface area contributed by atoms with Crippen molar-refractivity contribution >= 4 is 5.69 Å². The minimum absolute atomic E-state index is 0.0897. The lowest BCUT2D eigenvalue weighted by atomic mass is 10.4. The first-order chi connectivity index (χ1) is 5.16. The molecule has 1 heterocycles. The molecule has 1 rings (SSSR count). The third kappa shape index (κ3) is 1.21. The van der Waals surface area contributed by atoms with Gasteiger partial charge in [-0.1, -0.05) is 0 Å². The molecule has 0 spiro atoms. The van der Waals surface area contributed by atoms with Crippen LogP contribution in [0.3, 0.4) is 0 Å². The van der Waals surface area contributed by atoms with Crippen LogP contribution in [-0.4, -0.2) is 14.7 Å². The van der Waals surface area contributed by atoms with Crippen molar-refractivity contribution in [2.24, 2.45) is 0 Å². The lowest BCUT2D eigenvalue weighted by molar-refractivity contribution is -0.385. The molecule has 0 bridgehead atoms. The average Bonchev–Trinajstić information content (AvgIpc) is 2.30. The molecular formula is C6H9N3O2. The van der Waals surface area contributed by atoms with Crippen molar-refractivity contribution in [1.82, 2.24) is 9.78 Å². The van der Waals surface area contributed by atoms with E-state index in [4.69, 9.17) is 0 Å². The normalized spacial score (nSPS) is 10.0. The first-order valence-electron chi connectivity index (χ1n) is 3.33. The summed E-state index contributed by atoms with van der Waals surface area (Å²) in [5.74, 6) is 0. The summed E-state index contributed by atoms with van der Waals surface area (Å²) in [5.41, 5.74) is 0.698. The predicted octanol–water partition coefficient (Wildman–Crippen LogP) is 1.12. The lowest BCUT2D eigenvalue weighted by Crippen LogP contribution is -1.99. The van der Waals surface area contributed by atoms with Crippen LogP contribution in [0.4, 0.5) is 5.69 Å². The second kappa shape index (κ2) is 2.69. The van der Waals surface area contributed by atoms with E-state index < -0.39 is 4.92 Å². The Bertz CT molecular complexity index is 279. The van der Waals surface area contributed by atoms with Gasteiger partial charge in [-0.3, -0.25) is 14.8 Å². The van der Waals surface area contributed by atoms with E-state index in [9.17, 15) is 10.1 Å². The highest BCUT2D eigenvalue weighted by atomic mass is 16.6. The van der Waals surface area contributed by atoms with Crippen molar-refractivity contribution in [1.29, 1.82) is 0 Å². The summed E-state index contributed by atoms with van der Waals surface area (Å²) in [6.07, 6.45) is 1.28. The van der Waals surface area contributed by atoms with Gasteiger partial charge in [0.25, 0.3) is 0 Å². The minimum atomic E-state index is -0.422. The molecule has 0 saturated carbocycles. The molecule has 0 aliphatic heterocycles. The standard InChI is InChI=1S/C6H9N3O2/c1-3-8-5(2)6(4-7-8)9(10)11/h4H,3H2,1-2H3. The second-order valence-electron chi connectivity index (χ2n) is 2.19. The van der Waals surface area contributed by atoms with E-state index in [0.717, 1.165) is 0 Å². The van der Waals surface area contributed by atoms with Gasteiger partial charge in [0.15, 0.2) is 0 Å². The van der Waals surface area contributed by atoms with Crippen molar-refractivity contribution < 1.29 is 4.92 Å². The van der Waals surface area contributed by atoms with Gasteiger partial charge < -0.3 is 0 Å². The minimum Gasteiger partial charge on any atom is -0.263 e. The van der Waals surface area contributed by atoms with Crippen LogP contribution in [0.15, 0.2) is 6.20 Å². The number of aryl methyl sites for hydroxylation is 1. The summed E-state index contributed by atoms with van der Waals surface area (Å²) in [4.78, 5) is 9.88. The zero-order valence-electron chi connectivity index (χ0n) is 6.44. The number of aromatic nitrogens is 2. The van der Waals surface area contributed by atoms with Crippen LogP contribution in [-0.2, 0) is 6.54 Å².